The average molecular weight is 555 g/mol. The van der Waals surface area contributed by atoms with Gasteiger partial charge in [-0.3, -0.25) is 14.5 Å². The van der Waals surface area contributed by atoms with E-state index in [9.17, 15) is 14.4 Å². The molecule has 174 valence electrons. The summed E-state index contributed by atoms with van der Waals surface area (Å²) in [6, 6.07) is 9.83. The maximum Gasteiger partial charge on any atom is 0.328 e. The van der Waals surface area contributed by atoms with Crippen molar-refractivity contribution in [3.63, 3.8) is 0 Å². The summed E-state index contributed by atoms with van der Waals surface area (Å²) in [4.78, 5) is 38.0. The molecule has 0 radical (unpaired) electrons. The van der Waals surface area contributed by atoms with Crippen LogP contribution in [-0.2, 0) is 20.9 Å². The molecule has 10 heteroatoms. The lowest BCUT2D eigenvalue weighted by molar-refractivity contribution is -0.148. The van der Waals surface area contributed by atoms with E-state index >= 15 is 0 Å². The highest BCUT2D eigenvalue weighted by atomic mass is 79.9. The molecule has 1 aliphatic heterocycles. The van der Waals surface area contributed by atoms with Gasteiger partial charge in [-0.25, -0.2) is 4.79 Å². The molecule has 1 heterocycles. The van der Waals surface area contributed by atoms with Gasteiger partial charge >= 0.3 is 5.97 Å². The van der Waals surface area contributed by atoms with Gasteiger partial charge in [0.25, 0.3) is 11.1 Å². The molecule has 2 amide bonds. The van der Waals surface area contributed by atoms with Gasteiger partial charge in [0.15, 0.2) is 11.5 Å². The zero-order valence-corrected chi connectivity index (χ0v) is 21.3. The Kier molecular flexibility index (Phi) is 8.45. The van der Waals surface area contributed by atoms with E-state index in [1.54, 1.807) is 24.3 Å². The number of hydrogen-bond acceptors (Lipinski definition) is 7. The molecule has 0 saturated carbocycles. The molecule has 3 rings (SSSR count). The first-order valence-electron chi connectivity index (χ1n) is 9.94. The minimum Gasteiger partial charge on any atom is -0.490 e. The van der Waals surface area contributed by atoms with E-state index in [1.807, 2.05) is 25.1 Å². The highest BCUT2D eigenvalue weighted by Gasteiger charge is 2.41. The van der Waals surface area contributed by atoms with E-state index in [-0.39, 0.29) is 11.5 Å². The summed E-state index contributed by atoms with van der Waals surface area (Å²) in [6.45, 7) is 3.92. The number of rotatable bonds is 8. The van der Waals surface area contributed by atoms with Gasteiger partial charge in [0.05, 0.1) is 23.1 Å². The van der Waals surface area contributed by atoms with Crippen LogP contribution in [-0.4, -0.2) is 41.8 Å². The van der Waals surface area contributed by atoms with E-state index in [0.29, 0.717) is 33.2 Å². The second-order valence-corrected chi connectivity index (χ2v) is 9.15. The lowest BCUT2D eigenvalue weighted by Crippen LogP contribution is -2.42. The molecule has 0 N–H and O–H groups in total. The molecule has 1 fully saturated rings. The summed E-state index contributed by atoms with van der Waals surface area (Å²) in [6.07, 6.45) is 1.57. The monoisotopic (exact) mass is 553 g/mol. The van der Waals surface area contributed by atoms with Crippen LogP contribution in [0.5, 0.6) is 11.5 Å². The second-order valence-electron chi connectivity index (χ2n) is 6.89. The Morgan fingerprint density at radius 3 is 2.64 bits per heavy atom. The molecule has 0 aliphatic carbocycles. The second kappa shape index (κ2) is 11.1. The van der Waals surface area contributed by atoms with E-state index in [4.69, 9.17) is 21.1 Å². The van der Waals surface area contributed by atoms with Gasteiger partial charge in [-0.1, -0.05) is 29.8 Å². The van der Waals surface area contributed by atoms with E-state index in [2.05, 4.69) is 20.7 Å². The first-order chi connectivity index (χ1) is 15.8. The van der Waals surface area contributed by atoms with E-state index in [0.717, 1.165) is 22.2 Å². The summed E-state index contributed by atoms with van der Waals surface area (Å²) < 4.78 is 17.0. The number of thioether (sulfide) groups is 1. The van der Waals surface area contributed by atoms with Gasteiger partial charge in [-0.2, -0.15) is 0 Å². The van der Waals surface area contributed by atoms with Crippen LogP contribution in [0.2, 0.25) is 5.02 Å². The predicted molar refractivity (Wildman–Crippen MR) is 130 cm³/mol. The molecule has 2 aromatic rings. The number of esters is 1. The molecule has 1 saturated heterocycles. The molecular formula is C23H21BrClNO6S. The van der Waals surface area contributed by atoms with Crippen molar-refractivity contribution in [3.8, 4) is 11.5 Å². The first kappa shape index (κ1) is 25.1. The number of carbonyl (C=O) groups excluding carboxylic acids is 3. The topological polar surface area (TPSA) is 82.1 Å². The summed E-state index contributed by atoms with van der Waals surface area (Å²) in [5, 5.41) is 0.0630. The van der Waals surface area contributed by atoms with Crippen molar-refractivity contribution >= 4 is 62.5 Å². The molecule has 0 spiro atoms. The van der Waals surface area contributed by atoms with Crippen molar-refractivity contribution in [3.05, 3.63) is 61.9 Å². The number of imide groups is 1. The van der Waals surface area contributed by atoms with Crippen molar-refractivity contribution in [2.75, 3.05) is 13.7 Å². The molecule has 0 aromatic heterocycles. The number of halogens is 2. The van der Waals surface area contributed by atoms with Crippen LogP contribution < -0.4 is 9.47 Å². The fourth-order valence-electron chi connectivity index (χ4n) is 3.08. The third-order valence-corrected chi connectivity index (χ3v) is 6.55. The number of methoxy groups -OCH3 is 1. The van der Waals surface area contributed by atoms with Crippen LogP contribution in [0, 0.1) is 0 Å². The summed E-state index contributed by atoms with van der Waals surface area (Å²) in [7, 11) is 1.20. The maximum atomic E-state index is 12.8. The fraction of sp³-hybridized carbons (Fsp3) is 0.261. The molecule has 0 unspecified atom stereocenters. The highest BCUT2D eigenvalue weighted by Crippen LogP contribution is 2.40. The Hall–Kier alpha value is -2.49. The first-order valence-corrected chi connectivity index (χ1v) is 11.9. The number of amides is 2. The Morgan fingerprint density at radius 2 is 1.97 bits per heavy atom. The van der Waals surface area contributed by atoms with Gasteiger partial charge in [-0.05, 0) is 71.4 Å². The van der Waals surface area contributed by atoms with E-state index < -0.39 is 23.2 Å². The molecular weight excluding hydrogens is 534 g/mol. The zero-order chi connectivity index (χ0) is 24.1. The third kappa shape index (κ3) is 5.72. The van der Waals surface area contributed by atoms with Crippen LogP contribution in [0.1, 0.15) is 25.0 Å². The Morgan fingerprint density at radius 1 is 1.24 bits per heavy atom. The smallest absolute Gasteiger partial charge is 0.328 e. The van der Waals surface area contributed by atoms with Gasteiger partial charge in [0, 0.05) is 10.6 Å². The minimum absolute atomic E-state index is 0.190. The van der Waals surface area contributed by atoms with Crippen molar-refractivity contribution in [2.45, 2.75) is 26.5 Å². The average Bonchev–Trinajstić information content (AvgIpc) is 3.06. The number of benzene rings is 2. The molecule has 0 bridgehead atoms. The highest BCUT2D eigenvalue weighted by molar-refractivity contribution is 9.10. The Bertz CT molecular complexity index is 1120. The fourth-order valence-corrected chi connectivity index (χ4v) is 4.75. The van der Waals surface area contributed by atoms with Crippen LogP contribution in [0.4, 0.5) is 4.79 Å². The summed E-state index contributed by atoms with van der Waals surface area (Å²) in [5.74, 6) is -0.273. The third-order valence-electron chi connectivity index (χ3n) is 4.71. The SMILES string of the molecule is CCOc1cc(/C=C2/SC(=O)N([C@@H](C)C(=O)OC)C2=O)cc(Br)c1OCc1ccccc1Cl. The summed E-state index contributed by atoms with van der Waals surface area (Å²) >= 11 is 10.5. The number of hydrogen-bond donors (Lipinski definition) is 0. The van der Waals surface area contributed by atoms with Crippen molar-refractivity contribution in [2.24, 2.45) is 0 Å². The largest absolute Gasteiger partial charge is 0.490 e. The van der Waals surface area contributed by atoms with Crippen LogP contribution >= 0.6 is 39.3 Å². The normalized spacial score (nSPS) is 15.7. The predicted octanol–water partition coefficient (Wildman–Crippen LogP) is 5.68. The summed E-state index contributed by atoms with van der Waals surface area (Å²) in [5.41, 5.74) is 1.44. The molecule has 1 aliphatic rings. The molecule has 1 atom stereocenters. The van der Waals surface area contributed by atoms with Gasteiger partial charge in [0.1, 0.15) is 12.6 Å². The quantitative estimate of drug-likeness (QED) is 0.307. The lowest BCUT2D eigenvalue weighted by atomic mass is 10.1. The van der Waals surface area contributed by atoms with Gasteiger partial charge in [0.2, 0.25) is 0 Å². The van der Waals surface area contributed by atoms with Crippen molar-refractivity contribution in [1.82, 2.24) is 4.90 Å². The Labute approximate surface area is 209 Å². The van der Waals surface area contributed by atoms with Crippen molar-refractivity contribution < 1.29 is 28.6 Å². The van der Waals surface area contributed by atoms with Crippen LogP contribution in [0.25, 0.3) is 6.08 Å². The van der Waals surface area contributed by atoms with Gasteiger partial charge in [-0.15, -0.1) is 0 Å². The van der Waals surface area contributed by atoms with Gasteiger partial charge < -0.3 is 14.2 Å². The number of nitrogens with zero attached hydrogens (tertiary/aromatic N) is 1. The van der Waals surface area contributed by atoms with Crippen molar-refractivity contribution in [1.29, 1.82) is 0 Å². The molecule has 33 heavy (non-hydrogen) atoms. The molecule has 2 aromatic carbocycles. The number of ether oxygens (including phenoxy) is 3. The molecule has 7 nitrogen and oxygen atoms in total. The van der Waals surface area contributed by atoms with E-state index in [1.165, 1.54) is 14.0 Å². The maximum absolute atomic E-state index is 12.8. The standard InChI is InChI=1S/C23H21BrClNO6S/c1-4-31-18-10-14(9-16(24)20(18)32-12-15-7-5-6-8-17(15)25)11-19-21(27)26(23(29)33-19)13(2)22(28)30-3/h5-11,13H,4,12H2,1-3H3/b19-11+/t13-/m0/s1. The Balaban J connectivity index is 1.88. The zero-order valence-electron chi connectivity index (χ0n) is 18.1. The minimum atomic E-state index is -1.01. The lowest BCUT2D eigenvalue weighted by Gasteiger charge is -2.18. The number of carbonyl (C=O) groups is 3. The van der Waals surface area contributed by atoms with Crippen LogP contribution in [0.15, 0.2) is 45.8 Å². The van der Waals surface area contributed by atoms with Crippen LogP contribution in [0.3, 0.4) is 0 Å².